The number of ether oxygens (including phenoxy) is 1. The lowest BCUT2D eigenvalue weighted by atomic mass is 10.2. The standard InChI is InChI=1S/C23H29N3O5S/c1-18(31-23(28)20-10-7-11-21(16-20)32(29,30)24(2)3)22(27)26-14-12-25(13-15-26)17-19-8-5-4-6-9-19/h4-11,16,18H,12-15,17H2,1-3H3. The van der Waals surface area contributed by atoms with Crippen molar-refractivity contribution in [3.8, 4) is 0 Å². The van der Waals surface area contributed by atoms with E-state index in [-0.39, 0.29) is 16.4 Å². The van der Waals surface area contributed by atoms with Crippen molar-refractivity contribution in [3.05, 3.63) is 65.7 Å². The van der Waals surface area contributed by atoms with Crippen LogP contribution < -0.4 is 0 Å². The van der Waals surface area contributed by atoms with Gasteiger partial charge in [-0.3, -0.25) is 9.69 Å². The van der Waals surface area contributed by atoms with E-state index in [9.17, 15) is 18.0 Å². The highest BCUT2D eigenvalue weighted by atomic mass is 32.2. The first kappa shape index (κ1) is 23.9. The molecule has 1 aliphatic rings. The maximum Gasteiger partial charge on any atom is 0.338 e. The number of sulfonamides is 1. The molecule has 8 nitrogen and oxygen atoms in total. The van der Waals surface area contributed by atoms with Crippen molar-refractivity contribution in [1.82, 2.24) is 14.1 Å². The van der Waals surface area contributed by atoms with Gasteiger partial charge < -0.3 is 9.64 Å². The molecule has 1 amide bonds. The summed E-state index contributed by atoms with van der Waals surface area (Å²) in [6.45, 7) is 4.97. The molecular formula is C23H29N3O5S. The number of carbonyl (C=O) groups is 2. The number of rotatable bonds is 7. The highest BCUT2D eigenvalue weighted by Gasteiger charge is 2.28. The minimum Gasteiger partial charge on any atom is -0.449 e. The molecule has 0 N–H and O–H groups in total. The van der Waals surface area contributed by atoms with Crippen LogP contribution >= 0.6 is 0 Å². The van der Waals surface area contributed by atoms with Crippen LogP contribution in [-0.4, -0.2) is 80.8 Å². The summed E-state index contributed by atoms with van der Waals surface area (Å²) in [6, 6.07) is 15.8. The molecule has 2 aromatic carbocycles. The lowest BCUT2D eigenvalue weighted by Crippen LogP contribution is -2.51. The molecule has 0 saturated carbocycles. The molecule has 0 bridgehead atoms. The molecule has 9 heteroatoms. The fraction of sp³-hybridized carbons (Fsp3) is 0.391. The van der Waals surface area contributed by atoms with Crippen LogP contribution in [0.4, 0.5) is 0 Å². The third-order valence-electron chi connectivity index (χ3n) is 5.41. The number of amides is 1. The minimum atomic E-state index is -3.68. The number of carbonyl (C=O) groups excluding carboxylic acids is 2. The molecule has 1 atom stereocenters. The quantitative estimate of drug-likeness (QED) is 0.587. The van der Waals surface area contributed by atoms with E-state index in [1.165, 1.54) is 50.8 Å². The summed E-state index contributed by atoms with van der Waals surface area (Å²) < 4.78 is 31.0. The Morgan fingerprint density at radius 1 is 1.00 bits per heavy atom. The summed E-state index contributed by atoms with van der Waals surface area (Å²) >= 11 is 0. The predicted molar refractivity (Wildman–Crippen MR) is 120 cm³/mol. The molecule has 1 heterocycles. The van der Waals surface area contributed by atoms with Crippen molar-refractivity contribution >= 4 is 21.9 Å². The van der Waals surface area contributed by atoms with Gasteiger partial charge in [-0.25, -0.2) is 17.5 Å². The van der Waals surface area contributed by atoms with Gasteiger partial charge in [-0.1, -0.05) is 36.4 Å². The fourth-order valence-electron chi connectivity index (χ4n) is 3.50. The summed E-state index contributed by atoms with van der Waals surface area (Å²) in [5.41, 5.74) is 1.31. The fourth-order valence-corrected chi connectivity index (χ4v) is 4.45. The van der Waals surface area contributed by atoms with Gasteiger partial charge in [0.15, 0.2) is 6.10 Å². The Hall–Kier alpha value is -2.75. The van der Waals surface area contributed by atoms with Crippen LogP contribution in [0.5, 0.6) is 0 Å². The number of piperazine rings is 1. The van der Waals surface area contributed by atoms with Gasteiger partial charge in [0.1, 0.15) is 0 Å². The maximum atomic E-state index is 12.8. The van der Waals surface area contributed by atoms with Gasteiger partial charge in [0.25, 0.3) is 5.91 Å². The Morgan fingerprint density at radius 2 is 1.66 bits per heavy atom. The third kappa shape index (κ3) is 5.73. The first-order valence-corrected chi connectivity index (χ1v) is 11.9. The van der Waals surface area contributed by atoms with E-state index < -0.39 is 22.1 Å². The number of nitrogens with zero attached hydrogens (tertiary/aromatic N) is 3. The van der Waals surface area contributed by atoms with Crippen molar-refractivity contribution in [2.75, 3.05) is 40.3 Å². The van der Waals surface area contributed by atoms with Crippen molar-refractivity contribution < 1.29 is 22.7 Å². The molecule has 0 aliphatic carbocycles. The predicted octanol–water partition coefficient (Wildman–Crippen LogP) is 1.83. The zero-order valence-electron chi connectivity index (χ0n) is 18.6. The van der Waals surface area contributed by atoms with Crippen LogP contribution in [0.3, 0.4) is 0 Å². The zero-order chi connectivity index (χ0) is 23.3. The number of benzene rings is 2. The van der Waals surface area contributed by atoms with Crippen LogP contribution in [0, 0.1) is 0 Å². The molecule has 0 spiro atoms. The van der Waals surface area contributed by atoms with Crippen LogP contribution in [-0.2, 0) is 26.1 Å². The average molecular weight is 460 g/mol. The Kier molecular flexibility index (Phi) is 7.65. The van der Waals surface area contributed by atoms with Gasteiger partial charge >= 0.3 is 5.97 Å². The summed E-state index contributed by atoms with van der Waals surface area (Å²) in [6.07, 6.45) is -0.961. The van der Waals surface area contributed by atoms with Crippen molar-refractivity contribution in [1.29, 1.82) is 0 Å². The molecule has 1 aliphatic heterocycles. The highest BCUT2D eigenvalue weighted by Crippen LogP contribution is 2.17. The summed E-state index contributed by atoms with van der Waals surface area (Å²) in [7, 11) is -0.842. The molecule has 172 valence electrons. The molecule has 32 heavy (non-hydrogen) atoms. The summed E-state index contributed by atoms with van der Waals surface area (Å²) in [4.78, 5) is 29.3. The van der Waals surface area contributed by atoms with E-state index in [2.05, 4.69) is 17.0 Å². The minimum absolute atomic E-state index is 0.00883. The van der Waals surface area contributed by atoms with E-state index in [4.69, 9.17) is 4.74 Å². The summed E-state index contributed by atoms with van der Waals surface area (Å²) in [5.74, 6) is -0.987. The van der Waals surface area contributed by atoms with E-state index in [1.54, 1.807) is 4.90 Å². The van der Waals surface area contributed by atoms with Crippen LogP contribution in [0.1, 0.15) is 22.8 Å². The molecular weight excluding hydrogens is 430 g/mol. The van der Waals surface area contributed by atoms with Crippen LogP contribution in [0.2, 0.25) is 0 Å². The Morgan fingerprint density at radius 3 is 2.28 bits per heavy atom. The van der Waals surface area contributed by atoms with Crippen LogP contribution in [0.25, 0.3) is 0 Å². The normalized spacial score (nSPS) is 16.1. The highest BCUT2D eigenvalue weighted by molar-refractivity contribution is 7.89. The van der Waals surface area contributed by atoms with Crippen molar-refractivity contribution in [2.45, 2.75) is 24.5 Å². The van der Waals surface area contributed by atoms with E-state index in [1.807, 2.05) is 18.2 Å². The molecule has 2 aromatic rings. The van der Waals surface area contributed by atoms with Gasteiger partial charge in [0.2, 0.25) is 10.0 Å². The number of hydrogen-bond donors (Lipinski definition) is 0. The first-order chi connectivity index (χ1) is 15.2. The Bertz CT molecular complexity index is 1050. The van der Waals surface area contributed by atoms with E-state index in [0.717, 1.165) is 23.9 Å². The van der Waals surface area contributed by atoms with Gasteiger partial charge in [0, 0.05) is 46.8 Å². The molecule has 3 rings (SSSR count). The van der Waals surface area contributed by atoms with E-state index in [0.29, 0.717) is 13.1 Å². The lowest BCUT2D eigenvalue weighted by Gasteiger charge is -2.35. The third-order valence-corrected chi connectivity index (χ3v) is 7.22. The maximum absolute atomic E-state index is 12.8. The van der Waals surface area contributed by atoms with E-state index >= 15 is 0 Å². The molecule has 0 aromatic heterocycles. The molecule has 0 radical (unpaired) electrons. The van der Waals surface area contributed by atoms with Gasteiger partial charge in [0.05, 0.1) is 10.5 Å². The van der Waals surface area contributed by atoms with Crippen LogP contribution in [0.15, 0.2) is 59.5 Å². The van der Waals surface area contributed by atoms with Gasteiger partial charge in [-0.2, -0.15) is 0 Å². The number of esters is 1. The Labute approximate surface area is 189 Å². The smallest absolute Gasteiger partial charge is 0.338 e. The largest absolute Gasteiger partial charge is 0.449 e. The molecule has 1 unspecified atom stereocenters. The lowest BCUT2D eigenvalue weighted by molar-refractivity contribution is -0.141. The second kappa shape index (κ2) is 10.2. The SMILES string of the molecule is CC(OC(=O)c1cccc(S(=O)(=O)N(C)C)c1)C(=O)N1CCN(Cc2ccccc2)CC1. The second-order valence-electron chi connectivity index (χ2n) is 7.95. The van der Waals surface area contributed by atoms with Crippen molar-refractivity contribution in [2.24, 2.45) is 0 Å². The zero-order valence-corrected chi connectivity index (χ0v) is 19.4. The summed E-state index contributed by atoms with van der Waals surface area (Å²) in [5, 5.41) is 0. The van der Waals surface area contributed by atoms with Crippen molar-refractivity contribution in [3.63, 3.8) is 0 Å². The van der Waals surface area contributed by atoms with Gasteiger partial charge in [-0.05, 0) is 30.7 Å². The molecule has 1 saturated heterocycles. The average Bonchev–Trinajstić information content (AvgIpc) is 2.79. The second-order valence-corrected chi connectivity index (χ2v) is 10.1. The monoisotopic (exact) mass is 459 g/mol. The first-order valence-electron chi connectivity index (χ1n) is 10.5. The molecule has 1 fully saturated rings. The van der Waals surface area contributed by atoms with Gasteiger partial charge in [-0.15, -0.1) is 0 Å². The Balaban J connectivity index is 1.55. The number of hydrogen-bond acceptors (Lipinski definition) is 6. The topological polar surface area (TPSA) is 87.2 Å².